The van der Waals surface area contributed by atoms with Gasteiger partial charge in [-0.05, 0) is 64.5 Å². The first kappa shape index (κ1) is 17.3. The van der Waals surface area contributed by atoms with Crippen molar-refractivity contribution < 1.29 is 9.53 Å². The van der Waals surface area contributed by atoms with Crippen molar-refractivity contribution in [3.8, 4) is 0 Å². The number of nitrogens with zero attached hydrogens (tertiary/aromatic N) is 1. The standard InChI is InChI=1S/C20H30N2O2/c1-19(2,3)24-18(23)21-20(11-7-12-20)17-10-13-22(15-17)14-16-8-5-4-6-9-16/h4-6,8-9,17H,7,10-15H2,1-3H3,(H,21,23). The first-order chi connectivity index (χ1) is 11.4. The third-order valence-electron chi connectivity index (χ3n) is 5.30. The molecule has 1 unspecified atom stereocenters. The van der Waals surface area contributed by atoms with Crippen molar-refractivity contribution in [2.24, 2.45) is 5.92 Å². The van der Waals surface area contributed by atoms with Gasteiger partial charge in [0, 0.05) is 18.6 Å². The molecule has 0 aromatic heterocycles. The van der Waals surface area contributed by atoms with Gasteiger partial charge in [-0.3, -0.25) is 4.90 Å². The lowest BCUT2D eigenvalue weighted by Crippen LogP contribution is -2.59. The van der Waals surface area contributed by atoms with Crippen LogP contribution in [0.15, 0.2) is 30.3 Å². The lowest BCUT2D eigenvalue weighted by Gasteiger charge is -2.47. The number of hydrogen-bond donors (Lipinski definition) is 1. The van der Waals surface area contributed by atoms with Gasteiger partial charge in [0.25, 0.3) is 0 Å². The second kappa shape index (κ2) is 6.75. The number of amides is 1. The minimum Gasteiger partial charge on any atom is -0.444 e. The van der Waals surface area contributed by atoms with Gasteiger partial charge in [-0.15, -0.1) is 0 Å². The summed E-state index contributed by atoms with van der Waals surface area (Å²) < 4.78 is 5.49. The fraction of sp³-hybridized carbons (Fsp3) is 0.650. The van der Waals surface area contributed by atoms with E-state index in [0.29, 0.717) is 5.92 Å². The molecule has 1 saturated heterocycles. The summed E-state index contributed by atoms with van der Waals surface area (Å²) in [6.45, 7) is 8.91. The number of hydrogen-bond acceptors (Lipinski definition) is 3. The van der Waals surface area contributed by atoms with Crippen LogP contribution in [0.4, 0.5) is 4.79 Å². The SMILES string of the molecule is CC(C)(C)OC(=O)NC1(C2CCN(Cc3ccccc3)C2)CCC1. The molecule has 4 heteroatoms. The summed E-state index contributed by atoms with van der Waals surface area (Å²) in [6.07, 6.45) is 4.25. The number of carbonyl (C=O) groups is 1. The van der Waals surface area contributed by atoms with Crippen molar-refractivity contribution in [3.05, 3.63) is 35.9 Å². The number of benzene rings is 1. The van der Waals surface area contributed by atoms with Gasteiger partial charge >= 0.3 is 6.09 Å². The molecule has 1 aliphatic carbocycles. The van der Waals surface area contributed by atoms with E-state index in [1.54, 1.807) is 0 Å². The molecule has 1 heterocycles. The van der Waals surface area contributed by atoms with Gasteiger partial charge in [0.15, 0.2) is 0 Å². The Morgan fingerprint density at radius 1 is 1.29 bits per heavy atom. The Kier molecular flexibility index (Phi) is 4.86. The number of alkyl carbamates (subject to hydrolysis) is 1. The summed E-state index contributed by atoms with van der Waals surface area (Å²) in [5, 5.41) is 3.22. The molecule has 2 fully saturated rings. The fourth-order valence-corrected chi connectivity index (χ4v) is 3.97. The van der Waals surface area contributed by atoms with Crippen molar-refractivity contribution in [1.29, 1.82) is 0 Å². The van der Waals surface area contributed by atoms with Crippen molar-refractivity contribution in [3.63, 3.8) is 0 Å². The van der Waals surface area contributed by atoms with Crippen molar-refractivity contribution in [2.45, 2.75) is 64.1 Å². The lowest BCUT2D eigenvalue weighted by atomic mass is 9.67. The molecular weight excluding hydrogens is 300 g/mol. The van der Waals surface area contributed by atoms with Crippen molar-refractivity contribution in [1.82, 2.24) is 10.2 Å². The van der Waals surface area contributed by atoms with Gasteiger partial charge in [-0.2, -0.15) is 0 Å². The molecule has 1 atom stereocenters. The van der Waals surface area contributed by atoms with E-state index in [1.165, 1.54) is 12.0 Å². The molecule has 1 amide bonds. The normalized spacial score (nSPS) is 23.5. The highest BCUT2D eigenvalue weighted by atomic mass is 16.6. The first-order valence-electron chi connectivity index (χ1n) is 9.14. The average Bonchev–Trinajstić information content (AvgIpc) is 2.91. The predicted octanol–water partition coefficient (Wildman–Crippen LogP) is 3.96. The summed E-state index contributed by atoms with van der Waals surface area (Å²) in [6, 6.07) is 10.6. The minimum absolute atomic E-state index is 0.0478. The van der Waals surface area contributed by atoms with Crippen LogP contribution in [-0.4, -0.2) is 35.2 Å². The molecule has 1 aromatic rings. The maximum Gasteiger partial charge on any atom is 0.408 e. The highest BCUT2D eigenvalue weighted by molar-refractivity contribution is 5.69. The molecule has 1 N–H and O–H groups in total. The second-order valence-electron chi connectivity index (χ2n) is 8.34. The lowest BCUT2D eigenvalue weighted by molar-refractivity contribution is 0.0275. The van der Waals surface area contributed by atoms with E-state index >= 15 is 0 Å². The Bertz CT molecular complexity index is 561. The Morgan fingerprint density at radius 3 is 2.58 bits per heavy atom. The van der Waals surface area contributed by atoms with Crippen LogP contribution in [0.2, 0.25) is 0 Å². The molecule has 0 radical (unpaired) electrons. The zero-order chi connectivity index (χ0) is 17.2. The summed E-state index contributed by atoms with van der Waals surface area (Å²) >= 11 is 0. The van der Waals surface area contributed by atoms with Gasteiger partial charge < -0.3 is 10.1 Å². The second-order valence-corrected chi connectivity index (χ2v) is 8.34. The monoisotopic (exact) mass is 330 g/mol. The molecule has 132 valence electrons. The van der Waals surface area contributed by atoms with Gasteiger partial charge in [-0.25, -0.2) is 4.79 Å². The number of ether oxygens (including phenoxy) is 1. The highest BCUT2D eigenvalue weighted by Crippen LogP contribution is 2.43. The number of nitrogens with one attached hydrogen (secondary N) is 1. The van der Waals surface area contributed by atoms with Gasteiger partial charge in [0.1, 0.15) is 5.60 Å². The average molecular weight is 330 g/mol. The van der Waals surface area contributed by atoms with Crippen LogP contribution in [0.5, 0.6) is 0 Å². The maximum absolute atomic E-state index is 12.2. The van der Waals surface area contributed by atoms with E-state index in [9.17, 15) is 4.79 Å². The van der Waals surface area contributed by atoms with E-state index in [4.69, 9.17) is 4.74 Å². The Hall–Kier alpha value is -1.55. The molecule has 1 aromatic carbocycles. The molecule has 2 aliphatic rings. The molecule has 1 aliphatic heterocycles. The van der Waals surface area contributed by atoms with E-state index in [0.717, 1.165) is 38.9 Å². The van der Waals surface area contributed by atoms with Gasteiger partial charge in [0.05, 0.1) is 0 Å². The van der Waals surface area contributed by atoms with E-state index in [1.807, 2.05) is 20.8 Å². The molecule has 1 saturated carbocycles. The molecule has 4 nitrogen and oxygen atoms in total. The summed E-state index contributed by atoms with van der Waals surface area (Å²) in [4.78, 5) is 14.8. The Balaban J connectivity index is 1.57. The van der Waals surface area contributed by atoms with E-state index < -0.39 is 5.60 Å². The fourth-order valence-electron chi connectivity index (χ4n) is 3.97. The number of rotatable bonds is 4. The Morgan fingerprint density at radius 2 is 2.00 bits per heavy atom. The predicted molar refractivity (Wildman–Crippen MR) is 95.8 cm³/mol. The summed E-state index contributed by atoms with van der Waals surface area (Å²) in [5.41, 5.74) is 0.874. The maximum atomic E-state index is 12.2. The molecule has 3 rings (SSSR count). The van der Waals surface area contributed by atoms with Crippen LogP contribution >= 0.6 is 0 Å². The summed E-state index contributed by atoms with van der Waals surface area (Å²) in [5.74, 6) is 0.530. The van der Waals surface area contributed by atoms with Gasteiger partial charge in [-0.1, -0.05) is 30.3 Å². The molecule has 24 heavy (non-hydrogen) atoms. The van der Waals surface area contributed by atoms with Crippen LogP contribution in [0.1, 0.15) is 52.0 Å². The third kappa shape index (κ3) is 4.10. The van der Waals surface area contributed by atoms with Crippen molar-refractivity contribution >= 4 is 6.09 Å². The largest absolute Gasteiger partial charge is 0.444 e. The number of carbonyl (C=O) groups excluding carboxylic acids is 1. The first-order valence-corrected chi connectivity index (χ1v) is 9.14. The van der Waals surface area contributed by atoms with Crippen LogP contribution in [-0.2, 0) is 11.3 Å². The van der Waals surface area contributed by atoms with Crippen LogP contribution in [0.3, 0.4) is 0 Å². The zero-order valence-corrected chi connectivity index (χ0v) is 15.2. The van der Waals surface area contributed by atoms with Gasteiger partial charge in [0.2, 0.25) is 0 Å². The summed E-state index contributed by atoms with van der Waals surface area (Å²) in [7, 11) is 0. The Labute approximate surface area is 145 Å². The van der Waals surface area contributed by atoms with Crippen LogP contribution in [0.25, 0.3) is 0 Å². The molecular formula is C20H30N2O2. The third-order valence-corrected chi connectivity index (χ3v) is 5.30. The topological polar surface area (TPSA) is 41.6 Å². The van der Waals surface area contributed by atoms with E-state index in [-0.39, 0.29) is 11.6 Å². The van der Waals surface area contributed by atoms with Crippen LogP contribution < -0.4 is 5.32 Å². The molecule has 0 spiro atoms. The zero-order valence-electron chi connectivity index (χ0n) is 15.2. The quantitative estimate of drug-likeness (QED) is 0.908. The van der Waals surface area contributed by atoms with Crippen LogP contribution in [0, 0.1) is 5.92 Å². The molecule has 0 bridgehead atoms. The van der Waals surface area contributed by atoms with Crippen molar-refractivity contribution in [2.75, 3.05) is 13.1 Å². The number of likely N-dealkylation sites (tertiary alicyclic amines) is 1. The smallest absolute Gasteiger partial charge is 0.408 e. The van der Waals surface area contributed by atoms with E-state index in [2.05, 4.69) is 40.5 Å². The minimum atomic E-state index is -0.440. The highest BCUT2D eigenvalue weighted by Gasteiger charge is 2.48.